The van der Waals surface area contributed by atoms with Gasteiger partial charge in [-0.3, -0.25) is 0 Å². The average molecular weight is 367 g/mol. The van der Waals surface area contributed by atoms with Crippen LogP contribution in [0.3, 0.4) is 0 Å². The summed E-state index contributed by atoms with van der Waals surface area (Å²) in [7, 11) is 0. The number of aryl methyl sites for hydroxylation is 4. The van der Waals surface area contributed by atoms with Gasteiger partial charge in [0, 0.05) is 5.41 Å². The van der Waals surface area contributed by atoms with E-state index in [9.17, 15) is 10.2 Å². The molecule has 0 bridgehead atoms. The van der Waals surface area contributed by atoms with Gasteiger partial charge in [0.1, 0.15) is 11.5 Å². The first-order chi connectivity index (χ1) is 13.0. The van der Waals surface area contributed by atoms with Crippen molar-refractivity contribution in [2.24, 2.45) is 0 Å². The standard InChI is InChI=1S/C25H34O2/c1-5-17-13-21(14-18(6-2)23(17)26)25(11-9-10-12-25)22-15-19(7-3)24(27)20(8-4)16-22/h13-16,26-27H,5-12H2,1-4H3. The molecule has 0 saturated heterocycles. The Morgan fingerprint density at radius 2 is 0.926 bits per heavy atom. The van der Waals surface area contributed by atoms with Crippen LogP contribution in [0.1, 0.15) is 86.8 Å². The molecule has 0 atom stereocenters. The highest BCUT2D eigenvalue weighted by atomic mass is 16.3. The number of benzene rings is 2. The zero-order chi connectivity index (χ0) is 19.6. The first-order valence-electron chi connectivity index (χ1n) is 10.7. The molecule has 146 valence electrons. The molecule has 0 heterocycles. The summed E-state index contributed by atoms with van der Waals surface area (Å²) in [5.74, 6) is 0.956. The van der Waals surface area contributed by atoms with E-state index in [-0.39, 0.29) is 5.41 Å². The van der Waals surface area contributed by atoms with Crippen LogP contribution in [-0.2, 0) is 31.1 Å². The predicted octanol–water partition coefficient (Wildman–Crippen LogP) is 6.21. The van der Waals surface area contributed by atoms with E-state index in [1.165, 1.54) is 24.0 Å². The van der Waals surface area contributed by atoms with Crippen molar-refractivity contribution in [2.75, 3.05) is 0 Å². The third-order valence-electron chi connectivity index (χ3n) is 6.62. The Bertz CT molecular complexity index is 700. The molecule has 0 amide bonds. The summed E-state index contributed by atoms with van der Waals surface area (Å²) in [5.41, 5.74) is 6.93. The summed E-state index contributed by atoms with van der Waals surface area (Å²) >= 11 is 0. The average Bonchev–Trinajstić information content (AvgIpc) is 3.19. The van der Waals surface area contributed by atoms with Crippen molar-refractivity contribution in [3.05, 3.63) is 57.6 Å². The monoisotopic (exact) mass is 366 g/mol. The lowest BCUT2D eigenvalue weighted by Crippen LogP contribution is -2.25. The largest absolute Gasteiger partial charge is 0.507 e. The molecule has 2 nitrogen and oxygen atoms in total. The maximum Gasteiger partial charge on any atom is 0.121 e. The smallest absolute Gasteiger partial charge is 0.121 e. The van der Waals surface area contributed by atoms with E-state index in [4.69, 9.17) is 0 Å². The summed E-state index contributed by atoms with van der Waals surface area (Å²) in [6.07, 6.45) is 8.12. The zero-order valence-corrected chi connectivity index (χ0v) is 17.4. The van der Waals surface area contributed by atoms with E-state index >= 15 is 0 Å². The molecule has 2 heteroatoms. The van der Waals surface area contributed by atoms with Crippen LogP contribution in [0.2, 0.25) is 0 Å². The van der Waals surface area contributed by atoms with Gasteiger partial charge in [0.15, 0.2) is 0 Å². The maximum atomic E-state index is 10.6. The lowest BCUT2D eigenvalue weighted by molar-refractivity contribution is 0.457. The summed E-state index contributed by atoms with van der Waals surface area (Å²) in [6.45, 7) is 8.46. The number of hydrogen-bond acceptors (Lipinski definition) is 2. The van der Waals surface area contributed by atoms with Gasteiger partial charge >= 0.3 is 0 Å². The molecule has 2 aromatic rings. The molecular weight excluding hydrogens is 332 g/mol. The van der Waals surface area contributed by atoms with Gasteiger partial charge in [0.25, 0.3) is 0 Å². The Hall–Kier alpha value is -1.96. The topological polar surface area (TPSA) is 40.5 Å². The fraction of sp³-hybridized carbons (Fsp3) is 0.520. The second kappa shape index (κ2) is 7.96. The van der Waals surface area contributed by atoms with Crippen molar-refractivity contribution in [1.29, 1.82) is 0 Å². The fourth-order valence-electron chi connectivity index (χ4n) is 4.87. The van der Waals surface area contributed by atoms with Crippen molar-refractivity contribution in [2.45, 2.75) is 84.5 Å². The van der Waals surface area contributed by atoms with Gasteiger partial charge in [-0.05, 0) is 71.9 Å². The first kappa shape index (κ1) is 19.8. The summed E-state index contributed by atoms with van der Waals surface area (Å²) in [6, 6.07) is 8.96. The van der Waals surface area contributed by atoms with E-state index in [1.54, 1.807) is 0 Å². The molecule has 1 aliphatic rings. The molecule has 3 rings (SSSR count). The van der Waals surface area contributed by atoms with E-state index in [2.05, 4.69) is 52.0 Å². The molecule has 27 heavy (non-hydrogen) atoms. The van der Waals surface area contributed by atoms with Crippen LogP contribution in [0.15, 0.2) is 24.3 Å². The van der Waals surface area contributed by atoms with Crippen LogP contribution in [0, 0.1) is 0 Å². The van der Waals surface area contributed by atoms with E-state index in [0.717, 1.165) is 60.8 Å². The van der Waals surface area contributed by atoms with Gasteiger partial charge < -0.3 is 10.2 Å². The predicted molar refractivity (Wildman–Crippen MR) is 113 cm³/mol. The maximum absolute atomic E-state index is 10.6. The Morgan fingerprint density at radius 1 is 0.630 bits per heavy atom. The molecule has 0 aromatic heterocycles. The second-order valence-electron chi connectivity index (χ2n) is 7.99. The molecular formula is C25H34O2. The highest BCUT2D eigenvalue weighted by Gasteiger charge is 2.38. The number of hydrogen-bond donors (Lipinski definition) is 2. The fourth-order valence-corrected chi connectivity index (χ4v) is 4.87. The van der Waals surface area contributed by atoms with Crippen LogP contribution in [-0.4, -0.2) is 10.2 Å². The van der Waals surface area contributed by atoms with Gasteiger partial charge in [-0.15, -0.1) is 0 Å². The lowest BCUT2D eigenvalue weighted by Gasteiger charge is -2.33. The summed E-state index contributed by atoms with van der Waals surface area (Å²) in [4.78, 5) is 0. The van der Waals surface area contributed by atoms with E-state index < -0.39 is 0 Å². The van der Waals surface area contributed by atoms with Crippen LogP contribution >= 0.6 is 0 Å². The summed E-state index contributed by atoms with van der Waals surface area (Å²) < 4.78 is 0. The number of phenolic OH excluding ortho intramolecular Hbond substituents is 2. The molecule has 2 N–H and O–H groups in total. The van der Waals surface area contributed by atoms with Crippen molar-refractivity contribution < 1.29 is 10.2 Å². The highest BCUT2D eigenvalue weighted by Crippen LogP contribution is 2.49. The molecule has 0 spiro atoms. The molecule has 1 aliphatic carbocycles. The molecule has 0 radical (unpaired) electrons. The molecule has 0 aliphatic heterocycles. The molecule has 0 unspecified atom stereocenters. The van der Waals surface area contributed by atoms with Crippen molar-refractivity contribution >= 4 is 0 Å². The van der Waals surface area contributed by atoms with Gasteiger partial charge in [-0.25, -0.2) is 0 Å². The minimum Gasteiger partial charge on any atom is -0.507 e. The van der Waals surface area contributed by atoms with Crippen LogP contribution in [0.5, 0.6) is 11.5 Å². The Kier molecular flexibility index (Phi) is 5.83. The van der Waals surface area contributed by atoms with Crippen LogP contribution in [0.25, 0.3) is 0 Å². The third-order valence-corrected chi connectivity index (χ3v) is 6.62. The number of rotatable bonds is 6. The van der Waals surface area contributed by atoms with E-state index in [0.29, 0.717) is 11.5 Å². The molecule has 2 aromatic carbocycles. The SMILES string of the molecule is CCc1cc(C2(c3cc(CC)c(O)c(CC)c3)CCCC2)cc(CC)c1O. The molecule has 1 saturated carbocycles. The first-order valence-corrected chi connectivity index (χ1v) is 10.7. The van der Waals surface area contributed by atoms with Gasteiger partial charge in [-0.1, -0.05) is 64.8 Å². The van der Waals surface area contributed by atoms with Crippen molar-refractivity contribution in [3.8, 4) is 11.5 Å². The Balaban J connectivity index is 2.24. The van der Waals surface area contributed by atoms with Crippen molar-refractivity contribution in [3.63, 3.8) is 0 Å². The number of phenols is 2. The van der Waals surface area contributed by atoms with E-state index in [1.807, 2.05) is 0 Å². The Morgan fingerprint density at radius 3 is 1.19 bits per heavy atom. The van der Waals surface area contributed by atoms with Gasteiger partial charge in [-0.2, -0.15) is 0 Å². The zero-order valence-electron chi connectivity index (χ0n) is 17.4. The minimum atomic E-state index is 0.00306. The highest BCUT2D eigenvalue weighted by molar-refractivity contribution is 5.53. The second-order valence-corrected chi connectivity index (χ2v) is 7.99. The molecule has 1 fully saturated rings. The normalized spacial score (nSPS) is 16.0. The van der Waals surface area contributed by atoms with Gasteiger partial charge in [0.2, 0.25) is 0 Å². The third kappa shape index (κ3) is 3.35. The van der Waals surface area contributed by atoms with Gasteiger partial charge in [0.05, 0.1) is 0 Å². The number of aromatic hydroxyl groups is 2. The van der Waals surface area contributed by atoms with Crippen LogP contribution < -0.4 is 0 Å². The van der Waals surface area contributed by atoms with Crippen molar-refractivity contribution in [1.82, 2.24) is 0 Å². The Labute approximate surface area is 164 Å². The lowest BCUT2D eigenvalue weighted by atomic mass is 9.71. The van der Waals surface area contributed by atoms with Crippen LogP contribution in [0.4, 0.5) is 0 Å². The quantitative estimate of drug-likeness (QED) is 0.638. The minimum absolute atomic E-state index is 0.00306. The summed E-state index contributed by atoms with van der Waals surface area (Å²) in [5, 5.41) is 21.2.